The molecule has 0 amide bonds. The van der Waals surface area contributed by atoms with Crippen LogP contribution in [0.1, 0.15) is 24.1 Å². The van der Waals surface area contributed by atoms with Crippen LogP contribution in [-0.2, 0) is 6.42 Å². The zero-order chi connectivity index (χ0) is 10.1. The summed E-state index contributed by atoms with van der Waals surface area (Å²) >= 11 is 0. The molecule has 3 heteroatoms. The largest absolute Gasteiger partial charge is 0.508 e. The quantitative estimate of drug-likeness (QED) is 0.712. The number of hydrogen-bond donors (Lipinski definition) is 2. The molecule has 0 saturated heterocycles. The van der Waals surface area contributed by atoms with Gasteiger partial charge in [0.15, 0.2) is 0 Å². The highest BCUT2D eigenvalue weighted by molar-refractivity contribution is 5.50. The van der Waals surface area contributed by atoms with Gasteiger partial charge in [-0.05, 0) is 32.0 Å². The highest BCUT2D eigenvalue weighted by Gasteiger charge is 2.22. The number of nitrogens with one attached hydrogen (secondary N) is 1. The highest BCUT2D eigenvalue weighted by Crippen LogP contribution is 2.36. The molecule has 1 aliphatic rings. The Kier molecular flexibility index (Phi) is 2.33. The van der Waals surface area contributed by atoms with E-state index in [4.69, 9.17) is 4.74 Å². The van der Waals surface area contributed by atoms with Crippen LogP contribution in [0.5, 0.6) is 11.5 Å². The monoisotopic (exact) mass is 193 g/mol. The maximum Gasteiger partial charge on any atom is 0.122 e. The van der Waals surface area contributed by atoms with Crippen LogP contribution in [0, 0.1) is 0 Å². The summed E-state index contributed by atoms with van der Waals surface area (Å²) in [4.78, 5) is 0. The first kappa shape index (κ1) is 9.34. The Labute approximate surface area is 83.7 Å². The third kappa shape index (κ3) is 1.34. The first-order valence-corrected chi connectivity index (χ1v) is 4.86. The fraction of sp³-hybridized carbons (Fsp3) is 0.455. The van der Waals surface area contributed by atoms with E-state index >= 15 is 0 Å². The van der Waals surface area contributed by atoms with Gasteiger partial charge in [-0.1, -0.05) is 0 Å². The molecular formula is C11H15NO2. The number of rotatable bonds is 1. The summed E-state index contributed by atoms with van der Waals surface area (Å²) in [6.07, 6.45) is 0.914. The van der Waals surface area contributed by atoms with E-state index < -0.39 is 0 Å². The predicted octanol–water partition coefficient (Wildman–Crippen LogP) is 1.61. The van der Waals surface area contributed by atoms with Crippen molar-refractivity contribution in [1.82, 2.24) is 5.32 Å². The number of fused-ring (bicyclic) bond motifs is 1. The SMILES string of the molecule is COc1ccc(O)c2c1CCNC2C. The Morgan fingerprint density at radius 3 is 3.00 bits per heavy atom. The van der Waals surface area contributed by atoms with Crippen LogP contribution in [0.25, 0.3) is 0 Å². The van der Waals surface area contributed by atoms with Gasteiger partial charge in [-0.15, -0.1) is 0 Å². The van der Waals surface area contributed by atoms with Crippen molar-refractivity contribution in [2.45, 2.75) is 19.4 Å². The van der Waals surface area contributed by atoms with Gasteiger partial charge < -0.3 is 15.2 Å². The number of ether oxygens (including phenoxy) is 1. The molecule has 1 aromatic rings. The molecule has 0 saturated carbocycles. The molecule has 3 nitrogen and oxygen atoms in total. The van der Waals surface area contributed by atoms with Gasteiger partial charge in [0.25, 0.3) is 0 Å². The molecule has 0 fully saturated rings. The maximum absolute atomic E-state index is 9.75. The van der Waals surface area contributed by atoms with E-state index in [1.807, 2.05) is 6.07 Å². The van der Waals surface area contributed by atoms with E-state index in [9.17, 15) is 5.11 Å². The Balaban J connectivity index is 2.57. The molecule has 1 aliphatic heterocycles. The van der Waals surface area contributed by atoms with E-state index in [2.05, 4.69) is 12.2 Å². The van der Waals surface area contributed by atoms with Gasteiger partial charge in [0.2, 0.25) is 0 Å². The highest BCUT2D eigenvalue weighted by atomic mass is 16.5. The van der Waals surface area contributed by atoms with Crippen molar-refractivity contribution < 1.29 is 9.84 Å². The summed E-state index contributed by atoms with van der Waals surface area (Å²) in [5.74, 6) is 1.24. The average molecular weight is 193 g/mol. The van der Waals surface area contributed by atoms with Crippen LogP contribution in [-0.4, -0.2) is 18.8 Å². The molecule has 2 N–H and O–H groups in total. The fourth-order valence-electron chi connectivity index (χ4n) is 2.08. The molecule has 1 unspecified atom stereocenters. The van der Waals surface area contributed by atoms with Gasteiger partial charge in [-0.2, -0.15) is 0 Å². The lowest BCUT2D eigenvalue weighted by molar-refractivity contribution is 0.393. The zero-order valence-electron chi connectivity index (χ0n) is 8.50. The third-order valence-corrected chi connectivity index (χ3v) is 2.77. The van der Waals surface area contributed by atoms with Crippen LogP contribution in [0.2, 0.25) is 0 Å². The molecular weight excluding hydrogens is 178 g/mol. The minimum absolute atomic E-state index is 0.203. The topological polar surface area (TPSA) is 41.5 Å². The number of methoxy groups -OCH3 is 1. The summed E-state index contributed by atoms with van der Waals surface area (Å²) < 4.78 is 5.28. The van der Waals surface area contributed by atoms with Crippen molar-refractivity contribution in [2.24, 2.45) is 0 Å². The van der Waals surface area contributed by atoms with E-state index in [1.165, 1.54) is 0 Å². The van der Waals surface area contributed by atoms with Gasteiger partial charge in [-0.25, -0.2) is 0 Å². The lowest BCUT2D eigenvalue weighted by Gasteiger charge is -2.26. The third-order valence-electron chi connectivity index (χ3n) is 2.77. The standard InChI is InChI=1S/C11H15NO2/c1-7-11-8(5-6-12-7)10(14-2)4-3-9(11)13/h3-4,7,12-13H,5-6H2,1-2H3. The maximum atomic E-state index is 9.75. The van der Waals surface area contributed by atoms with E-state index in [1.54, 1.807) is 13.2 Å². The van der Waals surface area contributed by atoms with Crippen molar-refractivity contribution >= 4 is 0 Å². The second-order valence-electron chi connectivity index (χ2n) is 3.60. The molecule has 0 aromatic heterocycles. The summed E-state index contributed by atoms with van der Waals surface area (Å²) in [5.41, 5.74) is 2.12. The number of phenols is 1. The Hall–Kier alpha value is -1.22. The molecule has 2 rings (SSSR count). The van der Waals surface area contributed by atoms with Crippen LogP contribution in [0.3, 0.4) is 0 Å². The zero-order valence-corrected chi connectivity index (χ0v) is 8.50. The molecule has 1 heterocycles. The van der Waals surface area contributed by atoms with Crippen molar-refractivity contribution in [3.05, 3.63) is 23.3 Å². The molecule has 1 atom stereocenters. The van der Waals surface area contributed by atoms with Crippen LogP contribution in [0.4, 0.5) is 0 Å². The van der Waals surface area contributed by atoms with Gasteiger partial charge in [0.05, 0.1) is 7.11 Å². The molecule has 0 radical (unpaired) electrons. The molecule has 0 aliphatic carbocycles. The summed E-state index contributed by atoms with van der Waals surface area (Å²) in [7, 11) is 1.67. The van der Waals surface area contributed by atoms with Crippen molar-refractivity contribution in [3.8, 4) is 11.5 Å². The number of benzene rings is 1. The first-order chi connectivity index (χ1) is 6.74. The minimum atomic E-state index is 0.203. The number of aromatic hydroxyl groups is 1. The summed E-state index contributed by atoms with van der Waals surface area (Å²) in [6.45, 7) is 2.99. The van der Waals surface area contributed by atoms with Gasteiger partial charge in [0.1, 0.15) is 11.5 Å². The van der Waals surface area contributed by atoms with Gasteiger partial charge >= 0.3 is 0 Å². The fourth-order valence-corrected chi connectivity index (χ4v) is 2.08. The van der Waals surface area contributed by atoms with E-state index in [0.29, 0.717) is 5.75 Å². The normalized spacial score (nSPS) is 20.3. The Morgan fingerprint density at radius 1 is 1.50 bits per heavy atom. The van der Waals surface area contributed by atoms with E-state index in [0.717, 1.165) is 29.8 Å². The van der Waals surface area contributed by atoms with Crippen molar-refractivity contribution in [1.29, 1.82) is 0 Å². The predicted molar refractivity (Wildman–Crippen MR) is 54.8 cm³/mol. The van der Waals surface area contributed by atoms with Crippen molar-refractivity contribution in [3.63, 3.8) is 0 Å². The van der Waals surface area contributed by atoms with Crippen LogP contribution >= 0.6 is 0 Å². The molecule has 76 valence electrons. The molecule has 0 spiro atoms. The first-order valence-electron chi connectivity index (χ1n) is 4.86. The average Bonchev–Trinajstić information content (AvgIpc) is 2.18. The van der Waals surface area contributed by atoms with Crippen molar-refractivity contribution in [2.75, 3.05) is 13.7 Å². The van der Waals surface area contributed by atoms with E-state index in [-0.39, 0.29) is 6.04 Å². The Bertz CT molecular complexity index is 349. The number of hydrogen-bond acceptors (Lipinski definition) is 3. The lowest BCUT2D eigenvalue weighted by atomic mass is 9.93. The van der Waals surface area contributed by atoms with Gasteiger partial charge in [0, 0.05) is 17.2 Å². The number of phenolic OH excluding ortho intramolecular Hbond substituents is 1. The van der Waals surface area contributed by atoms with Crippen LogP contribution in [0.15, 0.2) is 12.1 Å². The smallest absolute Gasteiger partial charge is 0.122 e. The summed E-state index contributed by atoms with van der Waals surface area (Å²) in [6, 6.07) is 3.72. The minimum Gasteiger partial charge on any atom is -0.508 e. The van der Waals surface area contributed by atoms with Gasteiger partial charge in [-0.3, -0.25) is 0 Å². The summed E-state index contributed by atoms with van der Waals surface area (Å²) in [5, 5.41) is 13.1. The second kappa shape index (κ2) is 3.50. The Morgan fingerprint density at radius 2 is 2.29 bits per heavy atom. The molecule has 0 bridgehead atoms. The lowest BCUT2D eigenvalue weighted by Crippen LogP contribution is -2.28. The second-order valence-corrected chi connectivity index (χ2v) is 3.60. The van der Waals surface area contributed by atoms with Crippen LogP contribution < -0.4 is 10.1 Å². The molecule has 1 aromatic carbocycles. The molecule has 14 heavy (non-hydrogen) atoms.